The van der Waals surface area contributed by atoms with Gasteiger partial charge in [-0.1, -0.05) is 6.92 Å². The highest BCUT2D eigenvalue weighted by molar-refractivity contribution is 9.10. The van der Waals surface area contributed by atoms with Crippen LogP contribution in [0.1, 0.15) is 35.7 Å². The second kappa shape index (κ2) is 6.26. The van der Waals surface area contributed by atoms with Gasteiger partial charge in [0, 0.05) is 33.8 Å². The third-order valence-electron chi connectivity index (χ3n) is 3.68. The maximum absolute atomic E-state index is 12.6. The third-order valence-corrected chi connectivity index (χ3v) is 6.34. The topological polar surface area (TPSA) is 54.5 Å². The van der Waals surface area contributed by atoms with Crippen molar-refractivity contribution in [2.45, 2.75) is 31.6 Å². The first-order valence-electron chi connectivity index (χ1n) is 6.74. The van der Waals surface area contributed by atoms with Gasteiger partial charge in [-0.25, -0.2) is 8.42 Å². The van der Waals surface area contributed by atoms with Crippen molar-refractivity contribution in [3.8, 4) is 0 Å². The van der Waals surface area contributed by atoms with Crippen LogP contribution in [0, 0.1) is 12.8 Å². The van der Waals surface area contributed by atoms with Gasteiger partial charge in [-0.15, -0.1) is 0 Å². The van der Waals surface area contributed by atoms with Gasteiger partial charge in [0.15, 0.2) is 0 Å². The van der Waals surface area contributed by atoms with E-state index < -0.39 is 9.05 Å². The number of likely N-dealkylation sites (tertiary alicyclic amines) is 1. The quantitative estimate of drug-likeness (QED) is 0.721. The van der Waals surface area contributed by atoms with E-state index in [9.17, 15) is 13.2 Å². The van der Waals surface area contributed by atoms with Gasteiger partial charge in [0.25, 0.3) is 15.0 Å². The summed E-state index contributed by atoms with van der Waals surface area (Å²) >= 11 is 3.22. The Morgan fingerprint density at radius 1 is 1.43 bits per heavy atom. The standard InChI is InChI=1S/C14H17BrClNO3S/c1-9-4-3-5-17(8-9)14(18)11-6-10(2)13(15)12(7-11)21(16,19)20/h6-7,9H,3-5,8H2,1-2H3. The van der Waals surface area contributed by atoms with Crippen LogP contribution in [-0.4, -0.2) is 32.3 Å². The first kappa shape index (κ1) is 16.8. The van der Waals surface area contributed by atoms with Crippen molar-refractivity contribution in [2.75, 3.05) is 13.1 Å². The fourth-order valence-corrected chi connectivity index (χ4v) is 4.75. The number of piperidine rings is 1. The zero-order chi connectivity index (χ0) is 15.8. The molecule has 1 aliphatic heterocycles. The molecule has 0 bridgehead atoms. The highest BCUT2D eigenvalue weighted by Crippen LogP contribution is 2.30. The SMILES string of the molecule is Cc1cc(C(=O)N2CCCC(C)C2)cc(S(=O)(=O)Cl)c1Br. The number of rotatable bonds is 2. The summed E-state index contributed by atoms with van der Waals surface area (Å²) in [6.07, 6.45) is 2.09. The molecule has 1 aromatic carbocycles. The van der Waals surface area contributed by atoms with Crippen molar-refractivity contribution in [1.29, 1.82) is 0 Å². The molecule has 0 radical (unpaired) electrons. The lowest BCUT2D eigenvalue weighted by atomic mass is 9.99. The van der Waals surface area contributed by atoms with Gasteiger partial charge in [-0.2, -0.15) is 0 Å². The van der Waals surface area contributed by atoms with Crippen LogP contribution in [-0.2, 0) is 9.05 Å². The molecule has 0 N–H and O–H groups in total. The van der Waals surface area contributed by atoms with Gasteiger partial charge in [-0.3, -0.25) is 4.79 Å². The van der Waals surface area contributed by atoms with Gasteiger partial charge in [0.2, 0.25) is 0 Å². The Morgan fingerprint density at radius 2 is 2.10 bits per heavy atom. The Bertz CT molecular complexity index is 675. The predicted molar refractivity (Wildman–Crippen MR) is 86.2 cm³/mol. The number of aryl methyl sites for hydroxylation is 1. The molecule has 1 saturated heterocycles. The average Bonchev–Trinajstić information content (AvgIpc) is 2.39. The zero-order valence-electron chi connectivity index (χ0n) is 11.9. The lowest BCUT2D eigenvalue weighted by molar-refractivity contribution is 0.0682. The second-order valence-corrected chi connectivity index (χ2v) is 8.87. The number of benzene rings is 1. The molecule has 1 aliphatic rings. The van der Waals surface area contributed by atoms with E-state index >= 15 is 0 Å². The molecule has 116 valence electrons. The summed E-state index contributed by atoms with van der Waals surface area (Å²) in [5.74, 6) is 0.328. The van der Waals surface area contributed by atoms with E-state index in [0.29, 0.717) is 34.6 Å². The molecule has 0 aromatic heterocycles. The Kier molecular flexibility index (Phi) is 5.00. The fourth-order valence-electron chi connectivity index (χ4n) is 2.59. The Hall–Kier alpha value is -0.590. The van der Waals surface area contributed by atoms with Gasteiger partial charge in [-0.05, 0) is 59.3 Å². The number of hydrogen-bond donors (Lipinski definition) is 0. The summed E-state index contributed by atoms with van der Waals surface area (Å²) in [5, 5.41) is 0. The van der Waals surface area contributed by atoms with Crippen LogP contribution in [0.3, 0.4) is 0 Å². The number of carbonyl (C=O) groups excluding carboxylic acids is 1. The Balaban J connectivity index is 2.40. The van der Waals surface area contributed by atoms with Gasteiger partial charge in [0.1, 0.15) is 0 Å². The van der Waals surface area contributed by atoms with E-state index in [4.69, 9.17) is 10.7 Å². The number of halogens is 2. The highest BCUT2D eigenvalue weighted by atomic mass is 79.9. The van der Waals surface area contributed by atoms with Crippen LogP contribution in [0.5, 0.6) is 0 Å². The molecule has 1 unspecified atom stereocenters. The average molecular weight is 395 g/mol. The number of carbonyl (C=O) groups is 1. The van der Waals surface area contributed by atoms with Crippen LogP contribution >= 0.6 is 26.6 Å². The van der Waals surface area contributed by atoms with Crippen LogP contribution in [0.25, 0.3) is 0 Å². The molecular formula is C14H17BrClNO3S. The maximum atomic E-state index is 12.6. The number of hydrogen-bond acceptors (Lipinski definition) is 3. The minimum absolute atomic E-state index is 0.0578. The monoisotopic (exact) mass is 393 g/mol. The summed E-state index contributed by atoms with van der Waals surface area (Å²) in [4.78, 5) is 14.3. The lowest BCUT2D eigenvalue weighted by Gasteiger charge is -2.31. The van der Waals surface area contributed by atoms with Gasteiger partial charge in [0.05, 0.1) is 4.90 Å². The fraction of sp³-hybridized carbons (Fsp3) is 0.500. The summed E-state index contributed by atoms with van der Waals surface area (Å²) in [6.45, 7) is 5.27. The van der Waals surface area contributed by atoms with Crippen molar-refractivity contribution >= 4 is 41.6 Å². The Labute approximate surface area is 138 Å². The highest BCUT2D eigenvalue weighted by Gasteiger charge is 2.25. The summed E-state index contributed by atoms with van der Waals surface area (Å²) < 4.78 is 23.6. The summed E-state index contributed by atoms with van der Waals surface area (Å²) in [6, 6.07) is 3.04. The molecule has 1 atom stereocenters. The molecule has 21 heavy (non-hydrogen) atoms. The normalized spacial score (nSPS) is 19.6. The molecule has 1 heterocycles. The largest absolute Gasteiger partial charge is 0.338 e. The van der Waals surface area contributed by atoms with E-state index in [1.165, 1.54) is 6.07 Å². The molecule has 0 saturated carbocycles. The van der Waals surface area contributed by atoms with Crippen molar-refractivity contribution in [2.24, 2.45) is 5.92 Å². The van der Waals surface area contributed by atoms with Gasteiger partial charge < -0.3 is 4.90 Å². The smallest absolute Gasteiger partial charge is 0.262 e. The summed E-state index contributed by atoms with van der Waals surface area (Å²) in [5.41, 5.74) is 1.04. The van der Waals surface area contributed by atoms with Crippen molar-refractivity contribution < 1.29 is 13.2 Å². The minimum Gasteiger partial charge on any atom is -0.338 e. The minimum atomic E-state index is -3.90. The van der Waals surface area contributed by atoms with E-state index in [-0.39, 0.29) is 10.8 Å². The van der Waals surface area contributed by atoms with E-state index in [1.54, 1.807) is 17.9 Å². The van der Waals surface area contributed by atoms with Crippen LogP contribution < -0.4 is 0 Å². The first-order valence-corrected chi connectivity index (χ1v) is 9.84. The number of amides is 1. The van der Waals surface area contributed by atoms with Crippen LogP contribution in [0.4, 0.5) is 0 Å². The van der Waals surface area contributed by atoms with Crippen LogP contribution in [0.15, 0.2) is 21.5 Å². The van der Waals surface area contributed by atoms with Crippen LogP contribution in [0.2, 0.25) is 0 Å². The predicted octanol–water partition coefficient (Wildman–Crippen LogP) is 3.56. The summed E-state index contributed by atoms with van der Waals surface area (Å²) in [7, 11) is 1.54. The molecule has 0 spiro atoms. The molecular weight excluding hydrogens is 378 g/mol. The molecule has 4 nitrogen and oxygen atoms in total. The zero-order valence-corrected chi connectivity index (χ0v) is 15.1. The maximum Gasteiger partial charge on any atom is 0.262 e. The number of nitrogens with zero attached hydrogens (tertiary/aromatic N) is 1. The lowest BCUT2D eigenvalue weighted by Crippen LogP contribution is -2.39. The second-order valence-electron chi connectivity index (χ2n) is 5.54. The Morgan fingerprint density at radius 3 is 2.67 bits per heavy atom. The van der Waals surface area contributed by atoms with Crippen molar-refractivity contribution in [1.82, 2.24) is 4.90 Å². The van der Waals surface area contributed by atoms with E-state index in [0.717, 1.165) is 12.8 Å². The van der Waals surface area contributed by atoms with E-state index in [1.807, 2.05) is 0 Å². The molecule has 1 aromatic rings. The van der Waals surface area contributed by atoms with E-state index in [2.05, 4.69) is 22.9 Å². The van der Waals surface area contributed by atoms with Crippen molar-refractivity contribution in [3.63, 3.8) is 0 Å². The third kappa shape index (κ3) is 3.79. The molecule has 2 rings (SSSR count). The van der Waals surface area contributed by atoms with Crippen molar-refractivity contribution in [3.05, 3.63) is 27.7 Å². The molecule has 1 amide bonds. The first-order chi connectivity index (χ1) is 9.70. The molecule has 1 fully saturated rings. The molecule has 0 aliphatic carbocycles. The van der Waals surface area contributed by atoms with Gasteiger partial charge >= 0.3 is 0 Å². The molecule has 7 heteroatoms.